The number of rotatable bonds is 7. The second-order valence-corrected chi connectivity index (χ2v) is 5.98. The number of thioether (sulfide) groups is 1. The van der Waals surface area contributed by atoms with E-state index in [1.165, 1.54) is 0 Å². The molecule has 6 nitrogen and oxygen atoms in total. The summed E-state index contributed by atoms with van der Waals surface area (Å²) in [5.74, 6) is 1.64. The van der Waals surface area contributed by atoms with E-state index in [0.717, 1.165) is 35.3 Å². The maximum Gasteiger partial charge on any atom is 0.344 e. The fourth-order valence-electron chi connectivity index (χ4n) is 1.91. The molecule has 0 aromatic carbocycles. The number of nitrogens with one attached hydrogen (secondary N) is 2. The zero-order valence-electron chi connectivity index (χ0n) is 12.6. The topological polar surface area (TPSA) is 75.6 Å². The summed E-state index contributed by atoms with van der Waals surface area (Å²) in [5, 5.41) is 10.6. The zero-order valence-corrected chi connectivity index (χ0v) is 13.4. The van der Waals surface area contributed by atoms with Crippen molar-refractivity contribution in [2.24, 2.45) is 0 Å². The Hall–Kier alpha value is -1.76. The van der Waals surface area contributed by atoms with E-state index in [1.807, 2.05) is 26.0 Å². The Balaban J connectivity index is 2.05. The predicted molar refractivity (Wildman–Crippen MR) is 85.8 cm³/mol. The van der Waals surface area contributed by atoms with E-state index >= 15 is 0 Å². The van der Waals surface area contributed by atoms with Gasteiger partial charge >= 0.3 is 5.69 Å². The monoisotopic (exact) mass is 307 g/mol. The highest BCUT2D eigenvalue weighted by Gasteiger charge is 2.11. The van der Waals surface area contributed by atoms with E-state index in [1.54, 1.807) is 22.5 Å². The first kappa shape index (κ1) is 15.6. The molecule has 0 atom stereocenters. The van der Waals surface area contributed by atoms with Gasteiger partial charge in [-0.05, 0) is 38.0 Å². The maximum atomic E-state index is 11.7. The Morgan fingerprint density at radius 2 is 2.29 bits per heavy atom. The normalized spacial score (nSPS) is 11.0. The predicted octanol–water partition coefficient (Wildman–Crippen LogP) is 2.66. The van der Waals surface area contributed by atoms with Gasteiger partial charge in [-0.3, -0.25) is 4.57 Å². The smallest absolute Gasteiger partial charge is 0.344 e. The summed E-state index contributed by atoms with van der Waals surface area (Å²) in [4.78, 5) is 16.0. The van der Waals surface area contributed by atoms with Crippen LogP contribution in [0.25, 0.3) is 0 Å². The summed E-state index contributed by atoms with van der Waals surface area (Å²) < 4.78 is 1.67. The third kappa shape index (κ3) is 4.10. The van der Waals surface area contributed by atoms with Crippen molar-refractivity contribution in [3.05, 3.63) is 34.4 Å². The van der Waals surface area contributed by atoms with Crippen LogP contribution in [0.4, 0.5) is 5.82 Å². The van der Waals surface area contributed by atoms with E-state index < -0.39 is 0 Å². The van der Waals surface area contributed by atoms with Crippen molar-refractivity contribution >= 4 is 17.6 Å². The quantitative estimate of drug-likeness (QED) is 0.769. The third-order valence-corrected chi connectivity index (χ3v) is 3.96. The first-order valence-corrected chi connectivity index (χ1v) is 8.09. The van der Waals surface area contributed by atoms with Crippen LogP contribution < -0.4 is 11.0 Å². The van der Waals surface area contributed by atoms with Crippen molar-refractivity contribution in [2.75, 3.05) is 11.9 Å². The maximum absolute atomic E-state index is 11.7. The largest absolute Gasteiger partial charge is 0.370 e. The molecule has 0 aliphatic rings. The Kier molecular flexibility index (Phi) is 5.44. The number of hydrogen-bond acceptors (Lipinski definition) is 5. The van der Waals surface area contributed by atoms with Crippen LogP contribution >= 0.6 is 11.8 Å². The summed E-state index contributed by atoms with van der Waals surface area (Å²) in [6, 6.07) is 4.11. The molecule has 0 saturated heterocycles. The lowest BCUT2D eigenvalue weighted by molar-refractivity contribution is 0.534. The molecule has 0 radical (unpaired) electrons. The van der Waals surface area contributed by atoms with Crippen LogP contribution in [-0.4, -0.2) is 26.3 Å². The van der Waals surface area contributed by atoms with Crippen LogP contribution in [-0.2, 0) is 5.75 Å². The van der Waals surface area contributed by atoms with Crippen molar-refractivity contribution in [2.45, 2.75) is 44.1 Å². The SMILES string of the molecule is CCCNc1cc(CSc2n[nH]c(=O)n2C(C)C)ccn1. The second-order valence-electron chi connectivity index (χ2n) is 5.04. The molecule has 114 valence electrons. The molecule has 2 heterocycles. The van der Waals surface area contributed by atoms with Gasteiger partial charge in [0, 0.05) is 24.5 Å². The van der Waals surface area contributed by atoms with Crippen molar-refractivity contribution in [1.29, 1.82) is 0 Å². The Morgan fingerprint density at radius 3 is 3.00 bits per heavy atom. The lowest BCUT2D eigenvalue weighted by atomic mass is 10.3. The molecule has 2 rings (SSSR count). The number of aromatic nitrogens is 4. The lowest BCUT2D eigenvalue weighted by Crippen LogP contribution is -2.19. The first-order chi connectivity index (χ1) is 10.1. The fourth-order valence-corrected chi connectivity index (χ4v) is 2.93. The highest BCUT2D eigenvalue weighted by atomic mass is 32.2. The molecule has 0 amide bonds. The van der Waals surface area contributed by atoms with Gasteiger partial charge in [-0.1, -0.05) is 18.7 Å². The molecule has 0 aliphatic heterocycles. The molecule has 0 saturated carbocycles. The van der Waals surface area contributed by atoms with Crippen molar-refractivity contribution in [1.82, 2.24) is 19.7 Å². The van der Waals surface area contributed by atoms with Crippen LogP contribution in [0.5, 0.6) is 0 Å². The Bertz CT molecular complexity index is 634. The summed E-state index contributed by atoms with van der Waals surface area (Å²) in [5.41, 5.74) is 0.992. The number of nitrogens with zero attached hydrogens (tertiary/aromatic N) is 3. The molecule has 2 N–H and O–H groups in total. The molecule has 2 aromatic rings. The van der Waals surface area contributed by atoms with Crippen LogP contribution in [0.3, 0.4) is 0 Å². The average molecular weight is 307 g/mol. The second kappa shape index (κ2) is 7.31. The van der Waals surface area contributed by atoms with Gasteiger partial charge in [-0.15, -0.1) is 5.10 Å². The number of aromatic amines is 1. The average Bonchev–Trinajstić information content (AvgIpc) is 2.84. The van der Waals surface area contributed by atoms with Crippen LogP contribution in [0.15, 0.2) is 28.3 Å². The summed E-state index contributed by atoms with van der Waals surface area (Å²) in [6.45, 7) is 6.98. The van der Waals surface area contributed by atoms with Crippen LogP contribution in [0.2, 0.25) is 0 Å². The van der Waals surface area contributed by atoms with Gasteiger partial charge in [0.15, 0.2) is 5.16 Å². The van der Waals surface area contributed by atoms with Crippen molar-refractivity contribution < 1.29 is 0 Å². The lowest BCUT2D eigenvalue weighted by Gasteiger charge is -2.09. The minimum atomic E-state index is -0.160. The van der Waals surface area contributed by atoms with Gasteiger partial charge in [-0.2, -0.15) is 0 Å². The van der Waals surface area contributed by atoms with Gasteiger partial charge in [0.2, 0.25) is 0 Å². The van der Waals surface area contributed by atoms with E-state index in [-0.39, 0.29) is 11.7 Å². The Morgan fingerprint density at radius 1 is 1.48 bits per heavy atom. The zero-order chi connectivity index (χ0) is 15.2. The standard InChI is InChI=1S/C14H21N5OS/c1-4-6-15-12-8-11(5-7-16-12)9-21-14-18-17-13(20)19(14)10(2)3/h5,7-8,10H,4,6,9H2,1-3H3,(H,15,16)(H,17,20). The molecular weight excluding hydrogens is 286 g/mol. The molecule has 0 unspecified atom stereocenters. The first-order valence-electron chi connectivity index (χ1n) is 7.10. The molecule has 0 spiro atoms. The van der Waals surface area contributed by atoms with E-state index in [2.05, 4.69) is 27.4 Å². The van der Waals surface area contributed by atoms with E-state index in [0.29, 0.717) is 0 Å². The molecule has 21 heavy (non-hydrogen) atoms. The third-order valence-electron chi connectivity index (χ3n) is 2.94. The fraction of sp³-hybridized carbons (Fsp3) is 0.500. The molecule has 7 heteroatoms. The van der Waals surface area contributed by atoms with E-state index in [9.17, 15) is 4.79 Å². The van der Waals surface area contributed by atoms with Gasteiger partial charge < -0.3 is 5.32 Å². The van der Waals surface area contributed by atoms with Crippen LogP contribution in [0, 0.1) is 0 Å². The van der Waals surface area contributed by atoms with Gasteiger partial charge in [0.05, 0.1) is 0 Å². The Labute approximate surface area is 128 Å². The van der Waals surface area contributed by atoms with Gasteiger partial charge in [0.1, 0.15) is 5.82 Å². The number of hydrogen-bond donors (Lipinski definition) is 2. The molecule has 0 aliphatic carbocycles. The minimum Gasteiger partial charge on any atom is -0.370 e. The van der Waals surface area contributed by atoms with Crippen molar-refractivity contribution in [3.8, 4) is 0 Å². The number of anilines is 1. The van der Waals surface area contributed by atoms with Crippen LogP contribution in [0.1, 0.15) is 38.8 Å². The summed E-state index contributed by atoms with van der Waals surface area (Å²) in [6.07, 6.45) is 2.86. The summed E-state index contributed by atoms with van der Waals surface area (Å²) in [7, 11) is 0. The molecule has 0 bridgehead atoms. The highest BCUT2D eigenvalue weighted by Crippen LogP contribution is 2.22. The summed E-state index contributed by atoms with van der Waals surface area (Å²) >= 11 is 1.55. The van der Waals surface area contributed by atoms with E-state index in [4.69, 9.17) is 0 Å². The van der Waals surface area contributed by atoms with Gasteiger partial charge in [0.25, 0.3) is 0 Å². The number of H-pyrrole nitrogens is 1. The molecular formula is C14H21N5OS. The molecule has 0 fully saturated rings. The van der Waals surface area contributed by atoms with Gasteiger partial charge in [-0.25, -0.2) is 14.9 Å². The highest BCUT2D eigenvalue weighted by molar-refractivity contribution is 7.98. The number of pyridine rings is 1. The van der Waals surface area contributed by atoms with Crippen molar-refractivity contribution in [3.63, 3.8) is 0 Å². The minimum absolute atomic E-state index is 0.0953. The molecule has 2 aromatic heterocycles.